The summed E-state index contributed by atoms with van der Waals surface area (Å²) >= 11 is 0. The maximum Gasteiger partial charge on any atom is 0.223 e. The van der Waals surface area contributed by atoms with Crippen molar-refractivity contribution in [3.05, 3.63) is 35.9 Å². The van der Waals surface area contributed by atoms with Gasteiger partial charge in [-0.25, -0.2) is 0 Å². The first-order valence-corrected chi connectivity index (χ1v) is 7.96. The lowest BCUT2D eigenvalue weighted by molar-refractivity contribution is -0.127. The average molecular weight is 288 g/mol. The summed E-state index contributed by atoms with van der Waals surface area (Å²) in [7, 11) is 0. The quantitative estimate of drug-likeness (QED) is 0.864. The highest BCUT2D eigenvalue weighted by Gasteiger charge is 2.32. The molecule has 1 heterocycles. The van der Waals surface area contributed by atoms with Gasteiger partial charge in [-0.2, -0.15) is 0 Å². The van der Waals surface area contributed by atoms with Gasteiger partial charge >= 0.3 is 0 Å². The van der Waals surface area contributed by atoms with Gasteiger partial charge in [0.25, 0.3) is 0 Å². The van der Waals surface area contributed by atoms with Crippen molar-refractivity contribution in [3.63, 3.8) is 0 Å². The molecule has 1 aliphatic carbocycles. The first-order chi connectivity index (χ1) is 10.2. The monoisotopic (exact) mass is 288 g/mol. The second kappa shape index (κ2) is 6.58. The Bertz CT molecular complexity index is 473. The summed E-state index contributed by atoms with van der Waals surface area (Å²) in [6.07, 6.45) is 3.72. The molecule has 1 aromatic carbocycles. The van der Waals surface area contributed by atoms with Crippen molar-refractivity contribution in [3.8, 4) is 0 Å². The number of aliphatic hydroxyl groups excluding tert-OH is 1. The maximum atomic E-state index is 11.9. The number of amides is 1. The third-order valence-corrected chi connectivity index (χ3v) is 4.72. The van der Waals surface area contributed by atoms with Crippen LogP contribution >= 0.6 is 0 Å². The number of hydrogen-bond acceptors (Lipinski definition) is 3. The smallest absolute Gasteiger partial charge is 0.223 e. The van der Waals surface area contributed by atoms with Crippen molar-refractivity contribution in [2.45, 2.75) is 44.4 Å². The summed E-state index contributed by atoms with van der Waals surface area (Å²) in [5, 5.41) is 13.0. The van der Waals surface area contributed by atoms with Crippen molar-refractivity contribution < 1.29 is 9.90 Å². The van der Waals surface area contributed by atoms with Crippen molar-refractivity contribution >= 4 is 5.91 Å². The zero-order valence-electron chi connectivity index (χ0n) is 12.4. The lowest BCUT2D eigenvalue weighted by Crippen LogP contribution is -2.43. The van der Waals surface area contributed by atoms with Gasteiger partial charge in [-0.3, -0.25) is 9.69 Å². The molecule has 0 unspecified atom stereocenters. The molecule has 0 aromatic heterocycles. The molecule has 3 rings (SSSR count). The second-order valence-corrected chi connectivity index (χ2v) is 6.33. The summed E-state index contributed by atoms with van der Waals surface area (Å²) in [6, 6.07) is 10.5. The van der Waals surface area contributed by atoms with Crippen LogP contribution < -0.4 is 5.32 Å². The zero-order chi connectivity index (χ0) is 14.7. The molecule has 1 amide bonds. The summed E-state index contributed by atoms with van der Waals surface area (Å²) in [6.45, 7) is 2.18. The number of hydrogen-bond donors (Lipinski definition) is 2. The van der Waals surface area contributed by atoms with Crippen molar-refractivity contribution in [1.82, 2.24) is 10.2 Å². The van der Waals surface area contributed by atoms with Gasteiger partial charge in [-0.1, -0.05) is 36.8 Å². The van der Waals surface area contributed by atoms with E-state index in [2.05, 4.69) is 22.3 Å². The Morgan fingerprint density at radius 1 is 1.29 bits per heavy atom. The van der Waals surface area contributed by atoms with Crippen LogP contribution in [0, 0.1) is 5.92 Å². The lowest BCUT2D eigenvalue weighted by atomic mass is 9.85. The molecule has 2 N–H and O–H groups in total. The molecular formula is C17H24N2O2. The van der Waals surface area contributed by atoms with Crippen LogP contribution in [-0.2, 0) is 11.3 Å². The van der Waals surface area contributed by atoms with Crippen LogP contribution in [0.1, 0.15) is 31.2 Å². The predicted octanol–water partition coefficient (Wildman–Crippen LogP) is 1.54. The van der Waals surface area contributed by atoms with Crippen LogP contribution in [0.15, 0.2) is 30.3 Å². The Morgan fingerprint density at radius 3 is 2.71 bits per heavy atom. The van der Waals surface area contributed by atoms with E-state index < -0.39 is 0 Å². The van der Waals surface area contributed by atoms with E-state index in [1.54, 1.807) is 0 Å². The number of nitrogens with zero attached hydrogens (tertiary/aromatic N) is 1. The topological polar surface area (TPSA) is 52.6 Å². The van der Waals surface area contributed by atoms with Crippen LogP contribution in [0.4, 0.5) is 0 Å². The summed E-state index contributed by atoms with van der Waals surface area (Å²) in [5.41, 5.74) is 1.25. The molecule has 1 aliphatic heterocycles. The van der Waals surface area contributed by atoms with E-state index in [9.17, 15) is 9.90 Å². The number of rotatable bonds is 5. The molecule has 0 spiro atoms. The van der Waals surface area contributed by atoms with E-state index in [0.29, 0.717) is 13.1 Å². The fraction of sp³-hybridized carbons (Fsp3) is 0.588. The van der Waals surface area contributed by atoms with Crippen molar-refractivity contribution in [2.24, 2.45) is 5.92 Å². The largest absolute Gasteiger partial charge is 0.392 e. The summed E-state index contributed by atoms with van der Waals surface area (Å²) in [5.74, 6) is 0.432. The third-order valence-electron chi connectivity index (χ3n) is 4.72. The first kappa shape index (κ1) is 14.5. The fourth-order valence-corrected chi connectivity index (χ4v) is 3.21. The molecule has 21 heavy (non-hydrogen) atoms. The highest BCUT2D eigenvalue weighted by molar-refractivity contribution is 5.79. The van der Waals surface area contributed by atoms with E-state index >= 15 is 0 Å². The Hall–Kier alpha value is -1.39. The minimum absolute atomic E-state index is 0.197. The minimum Gasteiger partial charge on any atom is -0.392 e. The summed E-state index contributed by atoms with van der Waals surface area (Å²) in [4.78, 5) is 14.2. The highest BCUT2D eigenvalue weighted by Crippen LogP contribution is 2.26. The van der Waals surface area contributed by atoms with Crippen LogP contribution in [-0.4, -0.2) is 41.1 Å². The molecule has 4 nitrogen and oxygen atoms in total. The molecule has 114 valence electrons. The first-order valence-electron chi connectivity index (χ1n) is 7.96. The number of likely N-dealkylation sites (tertiary alicyclic amines) is 1. The number of aliphatic hydroxyl groups is 1. The van der Waals surface area contributed by atoms with Gasteiger partial charge in [-0.15, -0.1) is 0 Å². The van der Waals surface area contributed by atoms with E-state index in [1.807, 2.05) is 18.2 Å². The Balaban J connectivity index is 1.53. The standard InChI is InChI=1S/C17H24N2O2/c20-16-9-15(10-18-17(21)14-7-4-8-14)19(12-16)11-13-5-2-1-3-6-13/h1-3,5-6,14-16,20H,4,7-12H2,(H,18,21)/t15-,16-/m1/s1. The van der Waals surface area contributed by atoms with Gasteiger partial charge in [0.05, 0.1) is 6.10 Å². The maximum absolute atomic E-state index is 11.9. The van der Waals surface area contributed by atoms with Crippen LogP contribution in [0.2, 0.25) is 0 Å². The number of carbonyl (C=O) groups is 1. The number of carbonyl (C=O) groups excluding carboxylic acids is 1. The van der Waals surface area contributed by atoms with Crippen molar-refractivity contribution in [1.29, 1.82) is 0 Å². The summed E-state index contributed by atoms with van der Waals surface area (Å²) < 4.78 is 0. The van der Waals surface area contributed by atoms with Gasteiger partial charge in [0.2, 0.25) is 5.91 Å². The fourth-order valence-electron chi connectivity index (χ4n) is 3.21. The molecular weight excluding hydrogens is 264 g/mol. The highest BCUT2D eigenvalue weighted by atomic mass is 16.3. The lowest BCUT2D eigenvalue weighted by Gasteiger charge is -2.27. The van der Waals surface area contributed by atoms with Crippen LogP contribution in [0.3, 0.4) is 0 Å². The van der Waals surface area contributed by atoms with Crippen LogP contribution in [0.5, 0.6) is 0 Å². The van der Waals surface area contributed by atoms with Crippen molar-refractivity contribution in [2.75, 3.05) is 13.1 Å². The van der Waals surface area contributed by atoms with Gasteiger partial charge in [0.1, 0.15) is 0 Å². The zero-order valence-corrected chi connectivity index (χ0v) is 12.4. The average Bonchev–Trinajstić information content (AvgIpc) is 2.76. The Labute approximate surface area is 126 Å². The molecule has 0 bridgehead atoms. The van der Waals surface area contributed by atoms with Gasteiger partial charge in [0.15, 0.2) is 0 Å². The van der Waals surface area contributed by atoms with E-state index in [-0.39, 0.29) is 24.0 Å². The molecule has 2 aliphatic rings. The number of nitrogens with one attached hydrogen (secondary N) is 1. The van der Waals surface area contributed by atoms with Gasteiger partial charge in [-0.05, 0) is 24.8 Å². The Morgan fingerprint density at radius 2 is 2.05 bits per heavy atom. The third kappa shape index (κ3) is 3.63. The molecule has 1 saturated carbocycles. The normalized spacial score (nSPS) is 26.5. The predicted molar refractivity (Wildman–Crippen MR) is 81.6 cm³/mol. The molecule has 4 heteroatoms. The van der Waals surface area contributed by atoms with E-state index in [0.717, 1.165) is 25.8 Å². The SMILES string of the molecule is O=C(NC[C@H]1C[C@@H](O)CN1Cc1ccccc1)C1CCC1. The van der Waals surface area contributed by atoms with E-state index in [4.69, 9.17) is 0 Å². The van der Waals surface area contributed by atoms with Gasteiger partial charge in [0, 0.05) is 31.6 Å². The molecule has 2 atom stereocenters. The van der Waals surface area contributed by atoms with Crippen LogP contribution in [0.25, 0.3) is 0 Å². The van der Waals surface area contributed by atoms with Gasteiger partial charge < -0.3 is 10.4 Å². The molecule has 2 fully saturated rings. The molecule has 1 saturated heterocycles. The molecule has 0 radical (unpaired) electrons. The molecule has 1 aromatic rings. The number of benzene rings is 1. The van der Waals surface area contributed by atoms with E-state index in [1.165, 1.54) is 12.0 Å². The number of β-amino-alcohol motifs (C(OH)–C–C–N with tert-alkyl or cyclic N) is 1. The second-order valence-electron chi connectivity index (χ2n) is 6.33. The minimum atomic E-state index is -0.278. The Kier molecular flexibility index (Phi) is 4.56.